The second-order valence-corrected chi connectivity index (χ2v) is 3.28. The molecular formula is C10H23N. The first-order chi connectivity index (χ1) is 5.24. The molecule has 1 heterocycles. The minimum Gasteiger partial charge on any atom is -0.301 e. The van der Waals surface area contributed by atoms with Crippen LogP contribution in [0, 0.1) is 5.92 Å². The highest BCUT2D eigenvalue weighted by Gasteiger charge is 2.23. The molecule has 0 aromatic heterocycles. The highest BCUT2D eigenvalue weighted by molar-refractivity contribution is 4.78. The van der Waals surface area contributed by atoms with Crippen molar-refractivity contribution in [2.45, 2.75) is 47.1 Å². The van der Waals surface area contributed by atoms with E-state index in [2.05, 4.69) is 25.7 Å². The van der Waals surface area contributed by atoms with Crippen molar-refractivity contribution >= 4 is 0 Å². The van der Waals surface area contributed by atoms with Crippen LogP contribution in [0.2, 0.25) is 0 Å². The molecule has 1 heteroatoms. The molecule has 1 aliphatic heterocycles. The number of nitrogens with zero attached hydrogens (tertiary/aromatic N) is 1. The third kappa shape index (κ3) is 3.24. The van der Waals surface area contributed by atoms with Gasteiger partial charge in [0.2, 0.25) is 0 Å². The largest absolute Gasteiger partial charge is 0.301 e. The summed E-state index contributed by atoms with van der Waals surface area (Å²) in [6.07, 6.45) is 1.40. The maximum Gasteiger partial charge on any atom is 0.00699 e. The van der Waals surface area contributed by atoms with Crippen LogP contribution >= 0.6 is 0 Å². The zero-order chi connectivity index (χ0) is 8.85. The third-order valence-electron chi connectivity index (χ3n) is 2.32. The van der Waals surface area contributed by atoms with Gasteiger partial charge in [-0.2, -0.15) is 0 Å². The summed E-state index contributed by atoms with van der Waals surface area (Å²) in [6.45, 7) is 13.5. The van der Waals surface area contributed by atoms with Crippen LogP contribution in [0.25, 0.3) is 0 Å². The van der Waals surface area contributed by atoms with Crippen LogP contribution in [0.4, 0.5) is 0 Å². The summed E-state index contributed by atoms with van der Waals surface area (Å²) in [4.78, 5) is 2.55. The molecule has 0 bridgehead atoms. The molecule has 11 heavy (non-hydrogen) atoms. The van der Waals surface area contributed by atoms with Gasteiger partial charge in [-0.1, -0.05) is 27.7 Å². The Morgan fingerprint density at radius 1 is 1.27 bits per heavy atom. The predicted molar refractivity (Wildman–Crippen MR) is 51.8 cm³/mol. The van der Waals surface area contributed by atoms with Gasteiger partial charge in [-0.15, -0.1) is 0 Å². The van der Waals surface area contributed by atoms with E-state index in [-0.39, 0.29) is 0 Å². The number of hydrogen-bond acceptors (Lipinski definition) is 1. The SMILES string of the molecule is CC.CCN1C[C@@H](C)C[C@H]1C. The molecule has 1 saturated heterocycles. The molecule has 2 atom stereocenters. The van der Waals surface area contributed by atoms with Crippen LogP contribution in [0.5, 0.6) is 0 Å². The fourth-order valence-corrected chi connectivity index (χ4v) is 1.83. The maximum absolute atomic E-state index is 2.55. The van der Waals surface area contributed by atoms with Crippen molar-refractivity contribution in [3.05, 3.63) is 0 Å². The summed E-state index contributed by atoms with van der Waals surface area (Å²) in [7, 11) is 0. The second kappa shape index (κ2) is 5.59. The lowest BCUT2D eigenvalue weighted by Gasteiger charge is -2.17. The molecule has 0 spiro atoms. The van der Waals surface area contributed by atoms with Gasteiger partial charge in [0.25, 0.3) is 0 Å². The van der Waals surface area contributed by atoms with E-state index in [1.165, 1.54) is 19.5 Å². The Bertz CT molecular complexity index is 90.9. The van der Waals surface area contributed by atoms with Gasteiger partial charge in [0.1, 0.15) is 0 Å². The lowest BCUT2D eigenvalue weighted by Crippen LogP contribution is -2.26. The van der Waals surface area contributed by atoms with Crippen molar-refractivity contribution < 1.29 is 0 Å². The number of likely N-dealkylation sites (tertiary alicyclic amines) is 1. The van der Waals surface area contributed by atoms with Crippen LogP contribution in [0.15, 0.2) is 0 Å². The zero-order valence-electron chi connectivity index (χ0n) is 8.72. The zero-order valence-corrected chi connectivity index (χ0v) is 8.72. The average Bonchev–Trinajstić information content (AvgIpc) is 2.33. The van der Waals surface area contributed by atoms with Crippen molar-refractivity contribution in [1.29, 1.82) is 0 Å². The summed E-state index contributed by atoms with van der Waals surface area (Å²) < 4.78 is 0. The molecule has 1 nitrogen and oxygen atoms in total. The van der Waals surface area contributed by atoms with Crippen molar-refractivity contribution in [2.75, 3.05) is 13.1 Å². The Balaban J connectivity index is 0.000000461. The van der Waals surface area contributed by atoms with Crippen LogP contribution in [0.1, 0.15) is 41.0 Å². The first-order valence-corrected chi connectivity index (χ1v) is 4.98. The van der Waals surface area contributed by atoms with E-state index in [9.17, 15) is 0 Å². The number of hydrogen-bond donors (Lipinski definition) is 0. The highest BCUT2D eigenvalue weighted by atomic mass is 15.2. The maximum atomic E-state index is 2.55. The quantitative estimate of drug-likeness (QED) is 0.565. The van der Waals surface area contributed by atoms with Gasteiger partial charge in [-0.3, -0.25) is 0 Å². The molecule has 0 N–H and O–H groups in total. The minimum atomic E-state index is 0.838. The van der Waals surface area contributed by atoms with Crippen molar-refractivity contribution in [3.63, 3.8) is 0 Å². The van der Waals surface area contributed by atoms with E-state index in [1.807, 2.05) is 13.8 Å². The molecule has 0 saturated carbocycles. The van der Waals surface area contributed by atoms with Gasteiger partial charge in [0, 0.05) is 12.6 Å². The number of rotatable bonds is 1. The Labute approximate surface area is 71.8 Å². The Hall–Kier alpha value is -0.0400. The summed E-state index contributed by atoms with van der Waals surface area (Å²) in [5.41, 5.74) is 0. The molecule has 0 amide bonds. The van der Waals surface area contributed by atoms with E-state index in [4.69, 9.17) is 0 Å². The first kappa shape index (κ1) is 11.0. The molecule has 0 aromatic carbocycles. The van der Waals surface area contributed by atoms with Crippen LogP contribution in [-0.2, 0) is 0 Å². The molecule has 1 fully saturated rings. The van der Waals surface area contributed by atoms with Gasteiger partial charge in [-0.05, 0) is 25.8 Å². The monoisotopic (exact) mass is 157 g/mol. The van der Waals surface area contributed by atoms with Gasteiger partial charge in [-0.25, -0.2) is 0 Å². The summed E-state index contributed by atoms with van der Waals surface area (Å²) in [5, 5.41) is 0. The van der Waals surface area contributed by atoms with Gasteiger partial charge in [0.15, 0.2) is 0 Å². The standard InChI is InChI=1S/C8H17N.C2H6/c1-4-9-6-7(2)5-8(9)3;1-2/h7-8H,4-6H2,1-3H3;1-2H3/t7-,8+;/m0./s1. The van der Waals surface area contributed by atoms with E-state index < -0.39 is 0 Å². The average molecular weight is 157 g/mol. The predicted octanol–water partition coefficient (Wildman–Crippen LogP) is 2.76. The Morgan fingerprint density at radius 2 is 1.82 bits per heavy atom. The minimum absolute atomic E-state index is 0.838. The molecule has 0 unspecified atom stereocenters. The smallest absolute Gasteiger partial charge is 0.00699 e. The van der Waals surface area contributed by atoms with E-state index in [0.717, 1.165) is 12.0 Å². The lowest BCUT2D eigenvalue weighted by atomic mass is 10.1. The highest BCUT2D eigenvalue weighted by Crippen LogP contribution is 2.20. The van der Waals surface area contributed by atoms with Gasteiger partial charge >= 0.3 is 0 Å². The molecule has 1 rings (SSSR count). The van der Waals surface area contributed by atoms with Crippen molar-refractivity contribution in [3.8, 4) is 0 Å². The molecule has 0 aromatic rings. The first-order valence-electron chi connectivity index (χ1n) is 4.98. The van der Waals surface area contributed by atoms with Crippen LogP contribution in [0.3, 0.4) is 0 Å². The van der Waals surface area contributed by atoms with E-state index >= 15 is 0 Å². The lowest BCUT2D eigenvalue weighted by molar-refractivity contribution is 0.280. The summed E-state index contributed by atoms with van der Waals surface area (Å²) >= 11 is 0. The molecule has 1 aliphatic rings. The van der Waals surface area contributed by atoms with E-state index in [1.54, 1.807) is 0 Å². The molecule has 0 aliphatic carbocycles. The fourth-order valence-electron chi connectivity index (χ4n) is 1.83. The summed E-state index contributed by atoms with van der Waals surface area (Å²) in [5.74, 6) is 0.931. The van der Waals surface area contributed by atoms with Crippen LogP contribution < -0.4 is 0 Å². The third-order valence-corrected chi connectivity index (χ3v) is 2.32. The topological polar surface area (TPSA) is 3.24 Å². The molecule has 0 radical (unpaired) electrons. The Morgan fingerprint density at radius 3 is 2.00 bits per heavy atom. The van der Waals surface area contributed by atoms with Crippen molar-refractivity contribution in [2.24, 2.45) is 5.92 Å². The van der Waals surface area contributed by atoms with E-state index in [0.29, 0.717) is 0 Å². The van der Waals surface area contributed by atoms with Gasteiger partial charge < -0.3 is 4.90 Å². The fraction of sp³-hybridized carbons (Fsp3) is 1.00. The van der Waals surface area contributed by atoms with Crippen LogP contribution in [-0.4, -0.2) is 24.0 Å². The summed E-state index contributed by atoms with van der Waals surface area (Å²) in [6, 6.07) is 0.838. The molecular weight excluding hydrogens is 134 g/mol. The Kier molecular flexibility index (Phi) is 5.57. The normalized spacial score (nSPS) is 31.4. The van der Waals surface area contributed by atoms with Gasteiger partial charge in [0.05, 0.1) is 0 Å². The second-order valence-electron chi connectivity index (χ2n) is 3.28. The van der Waals surface area contributed by atoms with Crippen molar-refractivity contribution in [1.82, 2.24) is 4.90 Å². The molecule has 68 valence electrons.